The molecule has 146 valence electrons. The average molecular weight is 387 g/mol. The van der Waals surface area contributed by atoms with Crippen LogP contribution in [-0.2, 0) is 23.9 Å². The molecule has 1 unspecified atom stereocenters. The van der Waals surface area contributed by atoms with Gasteiger partial charge in [-0.05, 0) is 24.1 Å². The summed E-state index contributed by atoms with van der Waals surface area (Å²) in [6.07, 6.45) is -5.77. The fraction of sp³-hybridized carbons (Fsp3) is 0.438. The first-order chi connectivity index (χ1) is 12.7. The molecule has 1 aliphatic rings. The third-order valence-electron chi connectivity index (χ3n) is 4.22. The summed E-state index contributed by atoms with van der Waals surface area (Å²) in [6.45, 7) is -0.203. The first-order valence-corrected chi connectivity index (χ1v) is 8.02. The second-order valence-corrected chi connectivity index (χ2v) is 5.99. The van der Waals surface area contributed by atoms with Crippen LogP contribution >= 0.6 is 0 Å². The molecule has 0 aliphatic carbocycles. The second kappa shape index (κ2) is 6.97. The third-order valence-corrected chi connectivity index (χ3v) is 4.22. The van der Waals surface area contributed by atoms with Gasteiger partial charge in [-0.15, -0.1) is 0 Å². The van der Waals surface area contributed by atoms with Crippen molar-refractivity contribution in [2.45, 2.75) is 38.2 Å². The minimum atomic E-state index is -4.61. The molecule has 1 N–H and O–H groups in total. The first-order valence-electron chi connectivity index (χ1n) is 8.02. The minimum Gasteiger partial charge on any atom is -0.496 e. The fourth-order valence-electron chi connectivity index (χ4n) is 3.07. The van der Waals surface area contributed by atoms with Crippen molar-refractivity contribution in [3.8, 4) is 5.75 Å². The predicted molar refractivity (Wildman–Crippen MR) is 84.7 cm³/mol. The number of nitrogens with zero attached hydrogens (tertiary/aromatic N) is 3. The lowest BCUT2D eigenvalue weighted by molar-refractivity contribution is -0.138. The van der Waals surface area contributed by atoms with Crippen molar-refractivity contribution in [2.75, 3.05) is 7.11 Å². The van der Waals surface area contributed by atoms with Gasteiger partial charge in [0.2, 0.25) is 0 Å². The monoisotopic (exact) mass is 387 g/mol. The van der Waals surface area contributed by atoms with Crippen LogP contribution in [0.3, 0.4) is 0 Å². The van der Waals surface area contributed by atoms with E-state index in [2.05, 4.69) is 5.10 Å². The Hall–Kier alpha value is -2.98. The zero-order valence-corrected chi connectivity index (χ0v) is 14.2. The largest absolute Gasteiger partial charge is 0.507 e. The molecule has 0 bridgehead atoms. The minimum absolute atomic E-state index is 0.203. The number of aromatic nitrogens is 3. The van der Waals surface area contributed by atoms with Gasteiger partial charge in [-0.2, -0.15) is 18.3 Å². The van der Waals surface area contributed by atoms with Gasteiger partial charge in [0.05, 0.1) is 19.2 Å². The van der Waals surface area contributed by atoms with Crippen molar-refractivity contribution in [2.24, 2.45) is 0 Å². The summed E-state index contributed by atoms with van der Waals surface area (Å²) in [5, 5.41) is 12.9. The quantitative estimate of drug-likeness (QED) is 0.811. The van der Waals surface area contributed by atoms with Gasteiger partial charge < -0.3 is 14.6 Å². The van der Waals surface area contributed by atoms with Gasteiger partial charge in [0.15, 0.2) is 6.23 Å². The Morgan fingerprint density at radius 2 is 2.15 bits per heavy atom. The number of hydrogen-bond donors (Lipinski definition) is 1. The maximum absolute atomic E-state index is 13.2. The summed E-state index contributed by atoms with van der Waals surface area (Å²) in [5.41, 5.74) is -1.39. The summed E-state index contributed by atoms with van der Waals surface area (Å²) in [5.74, 6) is 0.0136. The van der Waals surface area contributed by atoms with E-state index < -0.39 is 29.8 Å². The second-order valence-electron chi connectivity index (χ2n) is 5.99. The SMILES string of the molecule is COc1ccc(Cn2nc3n(c2=O)C(OC(=O)O)CCC3)cc1C(F)(F)F. The van der Waals surface area contributed by atoms with Crippen LogP contribution in [0.1, 0.15) is 36.0 Å². The van der Waals surface area contributed by atoms with E-state index >= 15 is 0 Å². The molecule has 27 heavy (non-hydrogen) atoms. The van der Waals surface area contributed by atoms with E-state index in [9.17, 15) is 22.8 Å². The van der Waals surface area contributed by atoms with Crippen LogP contribution in [0.15, 0.2) is 23.0 Å². The number of carbonyl (C=O) groups is 1. The van der Waals surface area contributed by atoms with E-state index in [1.54, 1.807) is 0 Å². The van der Waals surface area contributed by atoms with Crippen LogP contribution in [0.2, 0.25) is 0 Å². The molecule has 2 heterocycles. The van der Waals surface area contributed by atoms with Crippen molar-refractivity contribution in [3.05, 3.63) is 45.6 Å². The number of hydrogen-bond acceptors (Lipinski definition) is 5. The smallest absolute Gasteiger partial charge is 0.496 e. The number of alkyl halides is 3. The summed E-state index contributed by atoms with van der Waals surface area (Å²) in [7, 11) is 1.14. The molecule has 11 heteroatoms. The molecule has 0 spiro atoms. The Morgan fingerprint density at radius 3 is 2.78 bits per heavy atom. The first kappa shape index (κ1) is 18.8. The lowest BCUT2D eigenvalue weighted by Gasteiger charge is -2.21. The third kappa shape index (κ3) is 3.76. The number of ether oxygens (including phenoxy) is 2. The zero-order valence-electron chi connectivity index (χ0n) is 14.2. The van der Waals surface area contributed by atoms with Crippen molar-refractivity contribution in [1.29, 1.82) is 0 Å². The van der Waals surface area contributed by atoms with Crippen molar-refractivity contribution in [1.82, 2.24) is 14.3 Å². The lowest BCUT2D eigenvalue weighted by Crippen LogP contribution is -2.33. The van der Waals surface area contributed by atoms with Gasteiger partial charge in [-0.3, -0.25) is 0 Å². The Balaban J connectivity index is 1.95. The highest BCUT2D eigenvalue weighted by Gasteiger charge is 2.35. The van der Waals surface area contributed by atoms with Crippen LogP contribution in [0, 0.1) is 0 Å². The van der Waals surface area contributed by atoms with Crippen LogP contribution in [0.5, 0.6) is 5.75 Å². The molecule has 0 amide bonds. The molecule has 8 nitrogen and oxygen atoms in total. The van der Waals surface area contributed by atoms with E-state index in [0.29, 0.717) is 25.1 Å². The fourth-order valence-corrected chi connectivity index (χ4v) is 3.07. The van der Waals surface area contributed by atoms with E-state index in [0.717, 1.165) is 22.4 Å². The Bertz CT molecular complexity index is 919. The van der Waals surface area contributed by atoms with Crippen LogP contribution in [0.4, 0.5) is 18.0 Å². The molecule has 1 aromatic heterocycles. The highest BCUT2D eigenvalue weighted by Crippen LogP contribution is 2.36. The Kier molecular flexibility index (Phi) is 4.85. The van der Waals surface area contributed by atoms with Crippen molar-refractivity contribution >= 4 is 6.16 Å². The average Bonchev–Trinajstić information content (AvgIpc) is 2.90. The number of benzene rings is 1. The normalized spacial score (nSPS) is 16.7. The molecule has 3 rings (SSSR count). The van der Waals surface area contributed by atoms with E-state index in [1.807, 2.05) is 0 Å². The maximum atomic E-state index is 13.2. The molecule has 0 saturated carbocycles. The number of carboxylic acid groups (broad SMARTS) is 1. The van der Waals surface area contributed by atoms with E-state index in [1.165, 1.54) is 12.1 Å². The van der Waals surface area contributed by atoms with Crippen molar-refractivity contribution < 1.29 is 32.5 Å². The molecule has 1 aliphatic heterocycles. The molecule has 0 radical (unpaired) electrons. The maximum Gasteiger partial charge on any atom is 0.507 e. The van der Waals surface area contributed by atoms with E-state index in [-0.39, 0.29) is 17.9 Å². The van der Waals surface area contributed by atoms with Crippen LogP contribution in [-0.4, -0.2) is 32.7 Å². The van der Waals surface area contributed by atoms with E-state index in [4.69, 9.17) is 14.6 Å². The summed E-state index contributed by atoms with van der Waals surface area (Å²) in [4.78, 5) is 23.4. The zero-order chi connectivity index (χ0) is 19.8. The number of fused-ring (bicyclic) bond motifs is 1. The number of rotatable bonds is 4. The number of aryl methyl sites for hydroxylation is 1. The van der Waals surface area contributed by atoms with Gasteiger partial charge in [-0.1, -0.05) is 6.07 Å². The van der Waals surface area contributed by atoms with Gasteiger partial charge in [-0.25, -0.2) is 18.8 Å². The number of halogens is 3. The van der Waals surface area contributed by atoms with Crippen LogP contribution < -0.4 is 10.4 Å². The lowest BCUT2D eigenvalue weighted by atomic mass is 10.1. The molecule has 0 saturated heterocycles. The van der Waals surface area contributed by atoms with Gasteiger partial charge >= 0.3 is 18.0 Å². The van der Waals surface area contributed by atoms with Gasteiger partial charge in [0.25, 0.3) is 0 Å². The summed E-state index contributed by atoms with van der Waals surface area (Å²) in [6, 6.07) is 3.48. The van der Waals surface area contributed by atoms with Crippen molar-refractivity contribution in [3.63, 3.8) is 0 Å². The summed E-state index contributed by atoms with van der Waals surface area (Å²) >= 11 is 0. The molecule has 0 fully saturated rings. The standard InChI is InChI=1S/C16H16F3N3O5/c1-26-11-6-5-9(7-10(11)16(17,18)19)8-21-14(23)22-12(20-21)3-2-4-13(22)27-15(24)25/h5-7,13H,2-4,8H2,1H3,(H,24,25). The Labute approximate surface area is 150 Å². The highest BCUT2D eigenvalue weighted by molar-refractivity contribution is 5.56. The molecule has 1 atom stereocenters. The highest BCUT2D eigenvalue weighted by atomic mass is 19.4. The molecular formula is C16H16F3N3O5. The van der Waals surface area contributed by atoms with Gasteiger partial charge in [0, 0.05) is 12.8 Å². The summed E-state index contributed by atoms with van der Waals surface area (Å²) < 4.78 is 51.0. The molecule has 1 aromatic carbocycles. The number of methoxy groups -OCH3 is 1. The Morgan fingerprint density at radius 1 is 1.41 bits per heavy atom. The topological polar surface area (TPSA) is 95.6 Å². The predicted octanol–water partition coefficient (Wildman–Crippen LogP) is 2.65. The van der Waals surface area contributed by atoms with Crippen LogP contribution in [0.25, 0.3) is 0 Å². The molecular weight excluding hydrogens is 371 g/mol. The molecule has 2 aromatic rings. The van der Waals surface area contributed by atoms with Gasteiger partial charge in [0.1, 0.15) is 11.6 Å².